The van der Waals surface area contributed by atoms with Crippen LogP contribution in [0.15, 0.2) is 0 Å². The summed E-state index contributed by atoms with van der Waals surface area (Å²) in [6, 6.07) is 0. The maximum Gasteiger partial charge on any atom is 0.0628 e. The summed E-state index contributed by atoms with van der Waals surface area (Å²) in [5, 5.41) is 0. The van der Waals surface area contributed by atoms with Gasteiger partial charge in [0.2, 0.25) is 0 Å². The molecule has 0 aromatic heterocycles. The minimum Gasteiger partial charge on any atom is -0.381 e. The fraction of sp³-hybridized carbons (Fsp3) is 1.00. The summed E-state index contributed by atoms with van der Waals surface area (Å²) in [6.45, 7) is 0.902. The lowest BCUT2D eigenvalue weighted by molar-refractivity contribution is -0.0843. The highest BCUT2D eigenvalue weighted by Crippen LogP contribution is 2.30. The van der Waals surface area contributed by atoms with Gasteiger partial charge in [-0.3, -0.25) is 0 Å². The zero-order valence-corrected chi connectivity index (χ0v) is 12.0. The van der Waals surface area contributed by atoms with E-state index in [2.05, 4.69) is 0 Å². The molecular formula is C16H30O2. The molecule has 1 aliphatic carbocycles. The first-order chi connectivity index (χ1) is 8.90. The summed E-state index contributed by atoms with van der Waals surface area (Å²) < 4.78 is 11.6. The molecule has 0 N–H and O–H groups in total. The van der Waals surface area contributed by atoms with Gasteiger partial charge in [0.05, 0.1) is 12.2 Å². The van der Waals surface area contributed by atoms with Gasteiger partial charge in [-0.15, -0.1) is 0 Å². The van der Waals surface area contributed by atoms with E-state index < -0.39 is 0 Å². The average Bonchev–Trinajstić information content (AvgIpc) is 2.44. The highest BCUT2D eigenvalue weighted by atomic mass is 16.5. The van der Waals surface area contributed by atoms with Crippen molar-refractivity contribution in [3.05, 3.63) is 0 Å². The van der Waals surface area contributed by atoms with Crippen molar-refractivity contribution in [3.63, 3.8) is 0 Å². The Hall–Kier alpha value is -0.0800. The van der Waals surface area contributed by atoms with Gasteiger partial charge < -0.3 is 9.47 Å². The van der Waals surface area contributed by atoms with Gasteiger partial charge in [-0.05, 0) is 25.2 Å². The molecule has 0 bridgehead atoms. The van der Waals surface area contributed by atoms with Gasteiger partial charge in [-0.25, -0.2) is 0 Å². The lowest BCUT2D eigenvalue weighted by atomic mass is 9.85. The van der Waals surface area contributed by atoms with Crippen molar-refractivity contribution in [1.82, 2.24) is 0 Å². The van der Waals surface area contributed by atoms with Gasteiger partial charge in [-0.2, -0.15) is 0 Å². The van der Waals surface area contributed by atoms with Crippen LogP contribution in [-0.4, -0.2) is 25.9 Å². The maximum atomic E-state index is 6.04. The molecule has 0 aromatic carbocycles. The lowest BCUT2D eigenvalue weighted by Gasteiger charge is -2.34. The van der Waals surface area contributed by atoms with E-state index in [0.29, 0.717) is 12.2 Å². The highest BCUT2D eigenvalue weighted by Gasteiger charge is 2.28. The Morgan fingerprint density at radius 2 is 1.44 bits per heavy atom. The van der Waals surface area contributed by atoms with Crippen LogP contribution in [0.1, 0.15) is 70.6 Å². The van der Waals surface area contributed by atoms with Gasteiger partial charge >= 0.3 is 0 Å². The van der Waals surface area contributed by atoms with E-state index in [4.69, 9.17) is 9.47 Å². The zero-order chi connectivity index (χ0) is 12.6. The molecule has 1 saturated carbocycles. The van der Waals surface area contributed by atoms with Crippen molar-refractivity contribution in [2.24, 2.45) is 5.92 Å². The van der Waals surface area contributed by atoms with Crippen molar-refractivity contribution >= 4 is 0 Å². The second kappa shape index (κ2) is 8.16. The van der Waals surface area contributed by atoms with Crippen LogP contribution in [0.5, 0.6) is 0 Å². The highest BCUT2D eigenvalue weighted by molar-refractivity contribution is 4.79. The van der Waals surface area contributed by atoms with Gasteiger partial charge in [0.1, 0.15) is 0 Å². The fourth-order valence-corrected chi connectivity index (χ4v) is 3.55. The minimum absolute atomic E-state index is 0.444. The summed E-state index contributed by atoms with van der Waals surface area (Å²) in [4.78, 5) is 0. The maximum absolute atomic E-state index is 6.04. The van der Waals surface area contributed by atoms with Crippen LogP contribution in [0, 0.1) is 5.92 Å². The van der Waals surface area contributed by atoms with Gasteiger partial charge in [-0.1, -0.05) is 44.9 Å². The molecular weight excluding hydrogens is 224 g/mol. The Kier molecular flexibility index (Phi) is 6.50. The first-order valence-corrected chi connectivity index (χ1v) is 8.04. The molecule has 0 amide bonds. The first-order valence-electron chi connectivity index (χ1n) is 8.04. The average molecular weight is 254 g/mol. The van der Waals surface area contributed by atoms with E-state index in [1.54, 1.807) is 0 Å². The SMILES string of the molecule is COC1CCOC(C2CCCCCCCCC2)C1. The first kappa shape index (κ1) is 14.3. The van der Waals surface area contributed by atoms with E-state index in [-0.39, 0.29) is 0 Å². The molecule has 2 fully saturated rings. The minimum atomic E-state index is 0.444. The summed E-state index contributed by atoms with van der Waals surface area (Å²) >= 11 is 0. The van der Waals surface area contributed by atoms with E-state index in [0.717, 1.165) is 25.4 Å². The third kappa shape index (κ3) is 4.55. The number of rotatable bonds is 2. The van der Waals surface area contributed by atoms with Gasteiger partial charge in [0.25, 0.3) is 0 Å². The Labute approximate surface area is 112 Å². The second-order valence-electron chi connectivity index (χ2n) is 6.10. The Morgan fingerprint density at radius 1 is 0.833 bits per heavy atom. The molecule has 18 heavy (non-hydrogen) atoms. The molecule has 0 aromatic rings. The normalized spacial score (nSPS) is 33.2. The van der Waals surface area contributed by atoms with Crippen molar-refractivity contribution in [1.29, 1.82) is 0 Å². The van der Waals surface area contributed by atoms with Crippen LogP contribution in [0.25, 0.3) is 0 Å². The summed E-state index contributed by atoms with van der Waals surface area (Å²) in [5.41, 5.74) is 0. The summed E-state index contributed by atoms with van der Waals surface area (Å²) in [7, 11) is 1.85. The van der Waals surface area contributed by atoms with E-state index in [1.807, 2.05) is 7.11 Å². The molecule has 2 rings (SSSR count). The summed E-state index contributed by atoms with van der Waals surface area (Å²) in [6.07, 6.45) is 15.9. The predicted octanol–water partition coefficient (Wildman–Crippen LogP) is 4.32. The van der Waals surface area contributed by atoms with E-state index in [1.165, 1.54) is 57.8 Å². The number of hydrogen-bond acceptors (Lipinski definition) is 2. The number of methoxy groups -OCH3 is 1. The second-order valence-corrected chi connectivity index (χ2v) is 6.10. The summed E-state index contributed by atoms with van der Waals surface area (Å²) in [5.74, 6) is 0.793. The number of hydrogen-bond donors (Lipinski definition) is 0. The predicted molar refractivity (Wildman–Crippen MR) is 74.8 cm³/mol. The smallest absolute Gasteiger partial charge is 0.0628 e. The standard InChI is InChI=1S/C16H30O2/c1-17-15-11-12-18-16(13-15)14-9-7-5-3-2-4-6-8-10-14/h14-16H,2-13H2,1H3. The van der Waals surface area contributed by atoms with E-state index >= 15 is 0 Å². The molecule has 2 heteroatoms. The number of ether oxygens (including phenoxy) is 2. The van der Waals surface area contributed by atoms with Crippen molar-refractivity contribution < 1.29 is 9.47 Å². The molecule has 1 saturated heterocycles. The Morgan fingerprint density at radius 3 is 2.06 bits per heavy atom. The molecule has 2 atom stereocenters. The lowest BCUT2D eigenvalue weighted by Crippen LogP contribution is -2.35. The topological polar surface area (TPSA) is 18.5 Å². The monoisotopic (exact) mass is 254 g/mol. The molecule has 1 aliphatic heterocycles. The van der Waals surface area contributed by atoms with Crippen LogP contribution < -0.4 is 0 Å². The molecule has 2 nitrogen and oxygen atoms in total. The molecule has 2 aliphatic rings. The van der Waals surface area contributed by atoms with Crippen LogP contribution in [-0.2, 0) is 9.47 Å². The Balaban J connectivity index is 1.82. The molecule has 0 spiro atoms. The van der Waals surface area contributed by atoms with Gasteiger partial charge in [0.15, 0.2) is 0 Å². The van der Waals surface area contributed by atoms with Crippen molar-refractivity contribution in [2.45, 2.75) is 82.8 Å². The van der Waals surface area contributed by atoms with E-state index in [9.17, 15) is 0 Å². The zero-order valence-electron chi connectivity index (χ0n) is 12.0. The van der Waals surface area contributed by atoms with Crippen LogP contribution in [0.2, 0.25) is 0 Å². The molecule has 0 radical (unpaired) electrons. The van der Waals surface area contributed by atoms with Crippen molar-refractivity contribution in [3.8, 4) is 0 Å². The largest absolute Gasteiger partial charge is 0.381 e. The molecule has 1 heterocycles. The quantitative estimate of drug-likeness (QED) is 0.730. The third-order valence-electron chi connectivity index (χ3n) is 4.78. The van der Waals surface area contributed by atoms with Crippen LogP contribution in [0.3, 0.4) is 0 Å². The fourth-order valence-electron chi connectivity index (χ4n) is 3.55. The van der Waals surface area contributed by atoms with Crippen LogP contribution >= 0.6 is 0 Å². The molecule has 106 valence electrons. The third-order valence-corrected chi connectivity index (χ3v) is 4.78. The Bertz CT molecular complexity index is 207. The van der Waals surface area contributed by atoms with Crippen molar-refractivity contribution in [2.75, 3.05) is 13.7 Å². The molecule has 2 unspecified atom stereocenters. The van der Waals surface area contributed by atoms with Crippen LogP contribution in [0.4, 0.5) is 0 Å². The van der Waals surface area contributed by atoms with Gasteiger partial charge in [0, 0.05) is 20.1 Å².